The van der Waals surface area contributed by atoms with E-state index in [0.717, 1.165) is 23.2 Å². The van der Waals surface area contributed by atoms with Crippen LogP contribution < -0.4 is 15.4 Å². The van der Waals surface area contributed by atoms with Crippen LogP contribution in [0.15, 0.2) is 95.9 Å². The zero-order valence-corrected chi connectivity index (χ0v) is 22.0. The van der Waals surface area contributed by atoms with E-state index < -0.39 is 16.1 Å². The van der Waals surface area contributed by atoms with E-state index in [2.05, 4.69) is 25.6 Å². The SMILES string of the molecule is NS(=O)(=O)c1ccccc1-c1ccc(NC(=O)C2C(c3ccc(O)cc3)CCN2c2ccc3n[nH]nc3c2)cc1. The molecule has 1 fully saturated rings. The Morgan fingerprint density at radius 3 is 2.42 bits per heavy atom. The van der Waals surface area contributed by atoms with Gasteiger partial charge in [0.05, 0.1) is 4.90 Å². The number of carbonyl (C=O) groups excluding carboxylic acids is 1. The number of aromatic amines is 1. The van der Waals surface area contributed by atoms with Crippen LogP contribution in [-0.4, -0.2) is 47.4 Å². The van der Waals surface area contributed by atoms with Gasteiger partial charge in [0.2, 0.25) is 15.9 Å². The van der Waals surface area contributed by atoms with Crippen molar-refractivity contribution in [3.8, 4) is 16.9 Å². The average Bonchev–Trinajstić information content (AvgIpc) is 3.60. The van der Waals surface area contributed by atoms with Crippen LogP contribution in [0.3, 0.4) is 0 Å². The van der Waals surface area contributed by atoms with Crippen molar-refractivity contribution in [3.63, 3.8) is 0 Å². The molecule has 2 heterocycles. The third-order valence-electron chi connectivity index (χ3n) is 7.28. The summed E-state index contributed by atoms with van der Waals surface area (Å²) in [6.07, 6.45) is 0.739. The molecule has 0 bridgehead atoms. The van der Waals surface area contributed by atoms with Crippen LogP contribution in [0, 0.1) is 0 Å². The maximum absolute atomic E-state index is 13.9. The molecule has 1 aliphatic heterocycles. The average molecular weight is 555 g/mol. The van der Waals surface area contributed by atoms with Crippen molar-refractivity contribution in [3.05, 3.63) is 96.6 Å². The van der Waals surface area contributed by atoms with Crippen LogP contribution in [0.4, 0.5) is 11.4 Å². The van der Waals surface area contributed by atoms with Crippen molar-refractivity contribution in [2.75, 3.05) is 16.8 Å². The third-order valence-corrected chi connectivity index (χ3v) is 8.25. The number of sulfonamides is 1. The van der Waals surface area contributed by atoms with Crippen LogP contribution in [0.5, 0.6) is 5.75 Å². The molecule has 0 saturated carbocycles. The summed E-state index contributed by atoms with van der Waals surface area (Å²) in [5, 5.41) is 29.2. The Bertz CT molecular complexity index is 1800. The predicted octanol–water partition coefficient (Wildman–Crippen LogP) is 3.98. The molecule has 5 aromatic rings. The van der Waals surface area contributed by atoms with Gasteiger partial charge in [-0.15, -0.1) is 0 Å². The van der Waals surface area contributed by atoms with Crippen molar-refractivity contribution in [2.45, 2.75) is 23.3 Å². The zero-order chi connectivity index (χ0) is 27.9. The fourth-order valence-corrected chi connectivity index (χ4v) is 6.15. The molecule has 5 N–H and O–H groups in total. The number of hydrogen-bond acceptors (Lipinski definition) is 7. The van der Waals surface area contributed by atoms with E-state index in [1.807, 2.05) is 30.3 Å². The van der Waals surface area contributed by atoms with Gasteiger partial charge in [0.1, 0.15) is 22.8 Å². The van der Waals surface area contributed by atoms with Crippen molar-refractivity contribution >= 4 is 38.3 Å². The van der Waals surface area contributed by atoms with Gasteiger partial charge >= 0.3 is 0 Å². The molecule has 11 heteroatoms. The second-order valence-corrected chi connectivity index (χ2v) is 11.3. The summed E-state index contributed by atoms with van der Waals surface area (Å²) < 4.78 is 24.1. The van der Waals surface area contributed by atoms with Crippen molar-refractivity contribution in [1.82, 2.24) is 15.4 Å². The minimum absolute atomic E-state index is 0.0363. The van der Waals surface area contributed by atoms with Crippen LogP contribution in [-0.2, 0) is 14.8 Å². The van der Waals surface area contributed by atoms with E-state index in [1.54, 1.807) is 54.6 Å². The summed E-state index contributed by atoms with van der Waals surface area (Å²) in [7, 11) is -3.90. The number of phenols is 1. The number of aromatic nitrogens is 3. The number of anilines is 2. The number of rotatable bonds is 6. The van der Waals surface area contributed by atoms with Crippen LogP contribution in [0.1, 0.15) is 17.9 Å². The van der Waals surface area contributed by atoms with E-state index in [9.17, 15) is 18.3 Å². The molecule has 1 aliphatic rings. The van der Waals surface area contributed by atoms with Gasteiger partial charge < -0.3 is 15.3 Å². The lowest BCUT2D eigenvalue weighted by atomic mass is 9.91. The lowest BCUT2D eigenvalue weighted by Gasteiger charge is -2.29. The van der Waals surface area contributed by atoms with Crippen molar-refractivity contribution in [1.29, 1.82) is 0 Å². The lowest BCUT2D eigenvalue weighted by Crippen LogP contribution is -2.42. The molecule has 40 heavy (non-hydrogen) atoms. The van der Waals surface area contributed by atoms with Crippen molar-refractivity contribution < 1.29 is 18.3 Å². The van der Waals surface area contributed by atoms with E-state index in [1.165, 1.54) is 6.07 Å². The van der Waals surface area contributed by atoms with Crippen LogP contribution in [0.2, 0.25) is 0 Å². The first kappa shape index (κ1) is 25.5. The number of aromatic hydroxyl groups is 1. The summed E-state index contributed by atoms with van der Waals surface area (Å²) in [4.78, 5) is 16.0. The molecule has 4 aromatic carbocycles. The Kier molecular flexibility index (Phi) is 6.45. The quantitative estimate of drug-likeness (QED) is 0.248. The highest BCUT2D eigenvalue weighted by molar-refractivity contribution is 7.89. The fourth-order valence-electron chi connectivity index (χ4n) is 5.39. The number of nitrogens with two attached hydrogens (primary N) is 1. The first-order valence-electron chi connectivity index (χ1n) is 12.7. The summed E-state index contributed by atoms with van der Waals surface area (Å²) in [6.45, 7) is 0.649. The normalized spacial score (nSPS) is 17.3. The number of benzene rings is 4. The van der Waals surface area contributed by atoms with Gasteiger partial charge in [-0.05, 0) is 66.1 Å². The monoisotopic (exact) mass is 554 g/mol. The third kappa shape index (κ3) is 4.88. The highest BCUT2D eigenvalue weighted by Gasteiger charge is 2.40. The number of nitrogens with one attached hydrogen (secondary N) is 2. The van der Waals surface area contributed by atoms with Crippen LogP contribution in [0.25, 0.3) is 22.2 Å². The van der Waals surface area contributed by atoms with Crippen LogP contribution >= 0.6 is 0 Å². The molecular weight excluding hydrogens is 528 g/mol. The second kappa shape index (κ2) is 10.1. The lowest BCUT2D eigenvalue weighted by molar-refractivity contribution is -0.117. The number of phenolic OH excluding ortho intramolecular Hbond substituents is 1. The van der Waals surface area contributed by atoms with Gasteiger partial charge in [0.15, 0.2) is 0 Å². The highest BCUT2D eigenvalue weighted by Crippen LogP contribution is 2.38. The first-order chi connectivity index (χ1) is 19.3. The summed E-state index contributed by atoms with van der Waals surface area (Å²) in [6, 6.07) is 25.7. The topological polar surface area (TPSA) is 154 Å². The second-order valence-electron chi connectivity index (χ2n) is 9.73. The van der Waals surface area contributed by atoms with Gasteiger partial charge in [0.25, 0.3) is 0 Å². The van der Waals surface area contributed by atoms with E-state index in [0.29, 0.717) is 28.9 Å². The van der Waals surface area contributed by atoms with Gasteiger partial charge in [-0.25, -0.2) is 13.6 Å². The Hall–Kier alpha value is -4.74. The molecule has 0 radical (unpaired) electrons. The zero-order valence-electron chi connectivity index (χ0n) is 21.2. The predicted molar refractivity (Wildman–Crippen MR) is 152 cm³/mol. The highest BCUT2D eigenvalue weighted by atomic mass is 32.2. The Balaban J connectivity index is 1.30. The molecular formula is C29H26N6O4S. The maximum Gasteiger partial charge on any atom is 0.247 e. The molecule has 1 aromatic heterocycles. The number of carbonyl (C=O) groups is 1. The van der Waals surface area contributed by atoms with Gasteiger partial charge in [-0.1, -0.05) is 42.5 Å². The van der Waals surface area contributed by atoms with Crippen molar-refractivity contribution in [2.24, 2.45) is 5.14 Å². The first-order valence-corrected chi connectivity index (χ1v) is 14.2. The number of nitrogens with zero attached hydrogens (tertiary/aromatic N) is 3. The largest absolute Gasteiger partial charge is 0.508 e. The van der Waals surface area contributed by atoms with E-state index in [4.69, 9.17) is 5.14 Å². The number of fused-ring (bicyclic) bond motifs is 1. The van der Waals surface area contributed by atoms with Gasteiger partial charge in [0, 0.05) is 29.4 Å². The number of hydrogen-bond donors (Lipinski definition) is 4. The molecule has 0 spiro atoms. The summed E-state index contributed by atoms with van der Waals surface area (Å²) in [5.41, 5.74) is 4.98. The number of primary sulfonamides is 1. The molecule has 2 unspecified atom stereocenters. The summed E-state index contributed by atoms with van der Waals surface area (Å²) in [5.74, 6) is -0.136. The fraction of sp³-hybridized carbons (Fsp3) is 0.138. The standard InChI is InChI=1S/C29H26N6O4S/c30-40(38,39)27-4-2-1-3-23(27)18-5-9-20(10-6-18)31-29(37)28-24(19-7-12-22(36)13-8-19)15-16-35(28)21-11-14-25-26(17-21)33-34-32-25/h1-14,17,24,28,36H,15-16H2,(H,31,37)(H2,30,38,39)(H,32,33,34). The molecule has 1 saturated heterocycles. The molecule has 0 aliphatic carbocycles. The Morgan fingerprint density at radius 1 is 0.950 bits per heavy atom. The van der Waals surface area contributed by atoms with E-state index in [-0.39, 0.29) is 22.5 Å². The molecule has 202 valence electrons. The number of H-pyrrole nitrogens is 1. The molecule has 10 nitrogen and oxygen atoms in total. The maximum atomic E-state index is 13.9. The Morgan fingerprint density at radius 2 is 1.68 bits per heavy atom. The number of amides is 1. The molecule has 1 amide bonds. The Labute approximate surface area is 230 Å². The minimum atomic E-state index is -3.90. The van der Waals surface area contributed by atoms with Gasteiger partial charge in [-0.2, -0.15) is 15.4 Å². The van der Waals surface area contributed by atoms with Gasteiger partial charge in [-0.3, -0.25) is 4.79 Å². The smallest absolute Gasteiger partial charge is 0.247 e. The minimum Gasteiger partial charge on any atom is -0.508 e. The summed E-state index contributed by atoms with van der Waals surface area (Å²) >= 11 is 0. The molecule has 2 atom stereocenters. The van der Waals surface area contributed by atoms with E-state index >= 15 is 0 Å². The molecule has 6 rings (SSSR count).